The third-order valence-corrected chi connectivity index (χ3v) is 6.23. The number of fused-ring (bicyclic) bond motifs is 1. The summed E-state index contributed by atoms with van der Waals surface area (Å²) < 4.78 is 11.1. The second-order valence-electron chi connectivity index (χ2n) is 8.61. The molecule has 2 aromatic heterocycles. The smallest absolute Gasteiger partial charge is 0.270 e. The highest BCUT2D eigenvalue weighted by molar-refractivity contribution is 5.98. The van der Waals surface area contributed by atoms with E-state index in [0.29, 0.717) is 18.8 Å². The van der Waals surface area contributed by atoms with E-state index in [9.17, 15) is 4.79 Å². The van der Waals surface area contributed by atoms with Crippen LogP contribution in [0.1, 0.15) is 39.8 Å². The van der Waals surface area contributed by atoms with Crippen LogP contribution in [0.25, 0.3) is 10.9 Å². The maximum atomic E-state index is 13.0. The highest BCUT2D eigenvalue weighted by Crippen LogP contribution is 2.28. The Labute approximate surface area is 192 Å². The maximum Gasteiger partial charge on any atom is 0.270 e. The van der Waals surface area contributed by atoms with Gasteiger partial charge in [0.15, 0.2) is 0 Å². The zero-order chi connectivity index (χ0) is 22.8. The number of aryl methyl sites for hydroxylation is 1. The molecule has 7 heteroatoms. The zero-order valence-corrected chi connectivity index (χ0v) is 18.9. The number of hydrogen-bond donors (Lipinski definition) is 2. The summed E-state index contributed by atoms with van der Waals surface area (Å²) in [4.78, 5) is 18.2. The van der Waals surface area contributed by atoms with Gasteiger partial charge in [-0.15, -0.1) is 0 Å². The summed E-state index contributed by atoms with van der Waals surface area (Å²) in [5.74, 6) is 1.85. The second-order valence-corrected chi connectivity index (χ2v) is 8.61. The molecule has 1 saturated heterocycles. The SMILES string of the molecule is COc1cccc(OCCc2cc(C3CCN(C(=O)c4cc5ccc(C)cc5[nH]4)C3)n[nH]2)c1. The highest BCUT2D eigenvalue weighted by Gasteiger charge is 2.30. The first-order valence-corrected chi connectivity index (χ1v) is 11.3. The normalized spacial score (nSPS) is 15.8. The third-order valence-electron chi connectivity index (χ3n) is 6.23. The number of aromatic nitrogens is 3. The summed E-state index contributed by atoms with van der Waals surface area (Å²) in [6, 6.07) is 17.8. The molecule has 3 heterocycles. The largest absolute Gasteiger partial charge is 0.497 e. The number of hydrogen-bond acceptors (Lipinski definition) is 4. The Kier molecular flexibility index (Phi) is 5.77. The Balaban J connectivity index is 1.17. The van der Waals surface area contributed by atoms with Crippen molar-refractivity contribution < 1.29 is 14.3 Å². The van der Waals surface area contributed by atoms with E-state index in [1.165, 1.54) is 5.56 Å². The Morgan fingerprint density at radius 2 is 2.03 bits per heavy atom. The molecule has 33 heavy (non-hydrogen) atoms. The predicted octanol–water partition coefficient (Wildman–Crippen LogP) is 4.46. The first-order valence-electron chi connectivity index (χ1n) is 11.3. The first kappa shape index (κ1) is 21.1. The number of carbonyl (C=O) groups excluding carboxylic acids is 1. The van der Waals surface area contributed by atoms with Crippen molar-refractivity contribution >= 4 is 16.8 Å². The fourth-order valence-electron chi connectivity index (χ4n) is 4.40. The third kappa shape index (κ3) is 4.58. The number of nitrogens with zero attached hydrogens (tertiary/aromatic N) is 2. The summed E-state index contributed by atoms with van der Waals surface area (Å²) in [5, 5.41) is 8.70. The van der Waals surface area contributed by atoms with E-state index < -0.39 is 0 Å². The maximum absolute atomic E-state index is 13.0. The predicted molar refractivity (Wildman–Crippen MR) is 127 cm³/mol. The van der Waals surface area contributed by atoms with Gasteiger partial charge in [-0.2, -0.15) is 5.10 Å². The molecule has 1 amide bonds. The standard InChI is InChI=1S/C26H28N4O3/c1-17-6-7-18-13-25(27-23(18)12-17)26(31)30-10-8-19(16-30)24-14-20(28-29-24)9-11-33-22-5-3-4-21(15-22)32-2/h3-7,12-15,19,27H,8-11,16H2,1-2H3,(H,28,29). The van der Waals surface area contributed by atoms with Crippen molar-refractivity contribution in [3.05, 3.63) is 77.2 Å². The van der Waals surface area contributed by atoms with Crippen LogP contribution in [0.2, 0.25) is 0 Å². The fourth-order valence-corrected chi connectivity index (χ4v) is 4.40. The van der Waals surface area contributed by atoms with Gasteiger partial charge in [0.1, 0.15) is 17.2 Å². The molecule has 1 aliphatic heterocycles. The molecule has 1 aliphatic rings. The van der Waals surface area contributed by atoms with E-state index in [-0.39, 0.29) is 11.8 Å². The van der Waals surface area contributed by atoms with Crippen molar-refractivity contribution in [3.63, 3.8) is 0 Å². The van der Waals surface area contributed by atoms with Crippen LogP contribution < -0.4 is 9.47 Å². The van der Waals surface area contributed by atoms with Crippen LogP contribution >= 0.6 is 0 Å². The van der Waals surface area contributed by atoms with Crippen molar-refractivity contribution in [2.24, 2.45) is 0 Å². The van der Waals surface area contributed by atoms with Gasteiger partial charge in [-0.1, -0.05) is 18.2 Å². The number of nitrogens with one attached hydrogen (secondary N) is 2. The number of carbonyl (C=O) groups is 1. The molecule has 1 atom stereocenters. The number of likely N-dealkylation sites (tertiary alicyclic amines) is 1. The van der Waals surface area contributed by atoms with Crippen molar-refractivity contribution in [3.8, 4) is 11.5 Å². The van der Waals surface area contributed by atoms with Gasteiger partial charge in [0.2, 0.25) is 0 Å². The van der Waals surface area contributed by atoms with Gasteiger partial charge >= 0.3 is 0 Å². The molecule has 1 fully saturated rings. The zero-order valence-electron chi connectivity index (χ0n) is 18.9. The highest BCUT2D eigenvalue weighted by atomic mass is 16.5. The average Bonchev–Trinajstić information content (AvgIpc) is 3.57. The molecule has 5 rings (SSSR count). The Hall–Kier alpha value is -3.74. The van der Waals surface area contributed by atoms with Crippen molar-refractivity contribution in [1.29, 1.82) is 0 Å². The van der Waals surface area contributed by atoms with Crippen LogP contribution in [0.15, 0.2) is 54.6 Å². The molecular formula is C26H28N4O3. The average molecular weight is 445 g/mol. The van der Waals surface area contributed by atoms with Crippen LogP contribution in [-0.4, -0.2) is 52.8 Å². The van der Waals surface area contributed by atoms with Gasteiger partial charge in [0.25, 0.3) is 5.91 Å². The van der Waals surface area contributed by atoms with Crippen LogP contribution in [-0.2, 0) is 6.42 Å². The lowest BCUT2D eigenvalue weighted by atomic mass is 10.0. The van der Waals surface area contributed by atoms with Gasteiger partial charge in [-0.05, 0) is 49.2 Å². The molecule has 2 aromatic carbocycles. The Morgan fingerprint density at radius 3 is 2.91 bits per heavy atom. The lowest BCUT2D eigenvalue weighted by Gasteiger charge is -2.15. The molecule has 7 nitrogen and oxygen atoms in total. The molecule has 0 aliphatic carbocycles. The summed E-state index contributed by atoms with van der Waals surface area (Å²) >= 11 is 0. The molecule has 170 valence electrons. The molecule has 1 unspecified atom stereocenters. The van der Waals surface area contributed by atoms with Gasteiger partial charge in [-0.3, -0.25) is 9.89 Å². The number of rotatable bonds is 7. The van der Waals surface area contributed by atoms with Crippen LogP contribution in [0.3, 0.4) is 0 Å². The molecule has 2 N–H and O–H groups in total. The van der Waals surface area contributed by atoms with E-state index in [1.54, 1.807) is 7.11 Å². The summed E-state index contributed by atoms with van der Waals surface area (Å²) in [6.45, 7) is 4.01. The van der Waals surface area contributed by atoms with Crippen LogP contribution in [0.4, 0.5) is 0 Å². The Morgan fingerprint density at radius 1 is 1.15 bits per heavy atom. The molecule has 0 spiro atoms. The fraction of sp³-hybridized carbons (Fsp3) is 0.308. The lowest BCUT2D eigenvalue weighted by Crippen LogP contribution is -2.28. The number of aromatic amines is 2. The topological polar surface area (TPSA) is 83.2 Å². The van der Waals surface area contributed by atoms with Crippen molar-refractivity contribution in [2.75, 3.05) is 26.8 Å². The molecule has 0 saturated carbocycles. The summed E-state index contributed by atoms with van der Waals surface area (Å²) in [5.41, 5.74) is 4.86. The second kappa shape index (κ2) is 9.02. The number of H-pyrrole nitrogens is 2. The van der Waals surface area contributed by atoms with E-state index >= 15 is 0 Å². The van der Waals surface area contributed by atoms with E-state index in [0.717, 1.165) is 53.2 Å². The monoisotopic (exact) mass is 444 g/mol. The number of methoxy groups -OCH3 is 1. The number of benzene rings is 2. The first-order chi connectivity index (χ1) is 16.1. The summed E-state index contributed by atoms with van der Waals surface area (Å²) in [7, 11) is 1.64. The van der Waals surface area contributed by atoms with Crippen LogP contribution in [0.5, 0.6) is 11.5 Å². The Bertz CT molecular complexity index is 1280. The van der Waals surface area contributed by atoms with Crippen LogP contribution in [0, 0.1) is 6.92 Å². The summed E-state index contributed by atoms with van der Waals surface area (Å²) in [6.07, 6.45) is 1.64. The minimum atomic E-state index is 0.0498. The van der Waals surface area contributed by atoms with Gasteiger partial charge in [-0.25, -0.2) is 0 Å². The van der Waals surface area contributed by atoms with Crippen molar-refractivity contribution in [2.45, 2.75) is 25.7 Å². The molecular weight excluding hydrogens is 416 g/mol. The quantitative estimate of drug-likeness (QED) is 0.441. The van der Waals surface area contributed by atoms with E-state index in [4.69, 9.17) is 9.47 Å². The minimum absolute atomic E-state index is 0.0498. The molecule has 4 aromatic rings. The molecule has 0 radical (unpaired) electrons. The van der Waals surface area contributed by atoms with Gasteiger partial charge in [0, 0.05) is 48.1 Å². The molecule has 0 bridgehead atoms. The van der Waals surface area contributed by atoms with Crippen molar-refractivity contribution in [1.82, 2.24) is 20.1 Å². The van der Waals surface area contributed by atoms with Gasteiger partial charge < -0.3 is 19.4 Å². The lowest BCUT2D eigenvalue weighted by molar-refractivity contribution is 0.0786. The van der Waals surface area contributed by atoms with E-state index in [1.807, 2.05) is 41.3 Å². The number of amides is 1. The minimum Gasteiger partial charge on any atom is -0.497 e. The van der Waals surface area contributed by atoms with E-state index in [2.05, 4.69) is 40.3 Å². The number of ether oxygens (including phenoxy) is 2. The van der Waals surface area contributed by atoms with Gasteiger partial charge in [0.05, 0.1) is 19.4 Å².